The Balaban J connectivity index is 2.43. The highest BCUT2D eigenvalue weighted by molar-refractivity contribution is 5.78. The lowest BCUT2D eigenvalue weighted by molar-refractivity contribution is -0.138. The van der Waals surface area contributed by atoms with Crippen LogP contribution in [0.2, 0.25) is 0 Å². The topological polar surface area (TPSA) is 87.7 Å². The van der Waals surface area contributed by atoms with Crippen molar-refractivity contribution in [3.8, 4) is 0 Å². The molecule has 0 aliphatic rings. The van der Waals surface area contributed by atoms with Gasteiger partial charge < -0.3 is 16.3 Å². The number of rotatable bonds is 7. The number of nitrogens with two attached hydrogens (primary N) is 1. The van der Waals surface area contributed by atoms with Crippen molar-refractivity contribution in [3.05, 3.63) is 35.4 Å². The van der Waals surface area contributed by atoms with Gasteiger partial charge in [-0.2, -0.15) is 5.10 Å². The second-order valence-electron chi connectivity index (χ2n) is 4.68. The fourth-order valence-corrected chi connectivity index (χ4v) is 1.60. The van der Waals surface area contributed by atoms with Crippen LogP contribution in [0.4, 0.5) is 0 Å². The number of hydrogen-bond acceptors (Lipinski definition) is 4. The van der Waals surface area contributed by atoms with Crippen LogP contribution in [0.3, 0.4) is 0 Å². The summed E-state index contributed by atoms with van der Waals surface area (Å²) < 4.78 is 0. The van der Waals surface area contributed by atoms with Gasteiger partial charge in [0.25, 0.3) is 0 Å². The van der Waals surface area contributed by atoms with Gasteiger partial charge in [-0.15, -0.1) is 0 Å². The van der Waals surface area contributed by atoms with Gasteiger partial charge in [0.15, 0.2) is 0 Å². The zero-order valence-corrected chi connectivity index (χ0v) is 11.4. The Bertz CT molecular complexity index is 437. The number of carbonyl (C=O) groups is 1. The van der Waals surface area contributed by atoms with Crippen LogP contribution in [0.25, 0.3) is 0 Å². The molecule has 104 valence electrons. The highest BCUT2D eigenvalue weighted by Crippen LogP contribution is 2.07. The number of nitrogens with one attached hydrogen (secondary N) is 1. The second kappa shape index (κ2) is 7.53. The first-order valence-electron chi connectivity index (χ1n) is 6.29. The molecule has 5 nitrogen and oxygen atoms in total. The molecule has 0 heterocycles. The molecule has 0 aliphatic heterocycles. The summed E-state index contributed by atoms with van der Waals surface area (Å²) in [6.07, 6.45) is 1.23. The Morgan fingerprint density at radius 2 is 1.89 bits per heavy atom. The van der Waals surface area contributed by atoms with Gasteiger partial charge in [-0.05, 0) is 37.8 Å². The third kappa shape index (κ3) is 6.01. The van der Waals surface area contributed by atoms with Crippen LogP contribution in [0.15, 0.2) is 29.4 Å². The minimum absolute atomic E-state index is 0.354. The van der Waals surface area contributed by atoms with Crippen LogP contribution in [-0.2, 0) is 17.6 Å². The molecule has 0 saturated heterocycles. The molecule has 0 radical (unpaired) electrons. The van der Waals surface area contributed by atoms with Crippen LogP contribution in [-0.4, -0.2) is 29.4 Å². The van der Waals surface area contributed by atoms with Crippen molar-refractivity contribution in [1.82, 2.24) is 5.43 Å². The number of carboxylic acid groups (broad SMARTS) is 1. The molecule has 0 amide bonds. The zero-order valence-electron chi connectivity index (χ0n) is 11.4. The Morgan fingerprint density at radius 3 is 2.42 bits per heavy atom. The summed E-state index contributed by atoms with van der Waals surface area (Å²) in [5.41, 5.74) is 11.6. The predicted molar refractivity (Wildman–Crippen MR) is 76.2 cm³/mol. The van der Waals surface area contributed by atoms with Crippen molar-refractivity contribution >= 4 is 11.7 Å². The van der Waals surface area contributed by atoms with E-state index in [1.807, 2.05) is 38.1 Å². The van der Waals surface area contributed by atoms with Crippen molar-refractivity contribution in [2.45, 2.75) is 32.7 Å². The number of benzene rings is 1. The minimum Gasteiger partial charge on any atom is -0.480 e. The van der Waals surface area contributed by atoms with Crippen LogP contribution < -0.4 is 11.2 Å². The summed E-state index contributed by atoms with van der Waals surface area (Å²) >= 11 is 0. The Kier molecular flexibility index (Phi) is 6.02. The largest absolute Gasteiger partial charge is 0.480 e. The highest BCUT2D eigenvalue weighted by Gasteiger charge is 2.11. The van der Waals surface area contributed by atoms with Crippen LogP contribution >= 0.6 is 0 Å². The molecular weight excluding hydrogens is 242 g/mol. The average molecular weight is 263 g/mol. The molecule has 1 rings (SSSR count). The summed E-state index contributed by atoms with van der Waals surface area (Å²) in [6.45, 7) is 4.65. The van der Waals surface area contributed by atoms with Gasteiger partial charge in [-0.25, -0.2) is 0 Å². The van der Waals surface area contributed by atoms with Crippen molar-refractivity contribution < 1.29 is 9.90 Å². The Hall–Kier alpha value is -1.88. The lowest BCUT2D eigenvalue weighted by Crippen LogP contribution is -2.32. The summed E-state index contributed by atoms with van der Waals surface area (Å²) in [6, 6.07) is 7.00. The van der Waals surface area contributed by atoms with Crippen molar-refractivity contribution in [2.75, 3.05) is 6.54 Å². The molecule has 1 atom stereocenters. The fraction of sp³-hybridized carbons (Fsp3) is 0.429. The molecule has 0 fully saturated rings. The van der Waals surface area contributed by atoms with E-state index in [2.05, 4.69) is 10.5 Å². The number of nitrogens with zero attached hydrogens (tertiary/aromatic N) is 1. The van der Waals surface area contributed by atoms with E-state index in [1.165, 1.54) is 5.56 Å². The first kappa shape index (κ1) is 15.2. The van der Waals surface area contributed by atoms with Gasteiger partial charge in [-0.1, -0.05) is 24.3 Å². The third-order valence-electron chi connectivity index (χ3n) is 2.62. The van der Waals surface area contributed by atoms with Crippen molar-refractivity contribution in [3.63, 3.8) is 0 Å². The van der Waals surface area contributed by atoms with E-state index < -0.39 is 12.0 Å². The third-order valence-corrected chi connectivity index (χ3v) is 2.62. The SMILES string of the molecule is CC(C)=NNCCc1ccc(CC(N)C(=O)O)cc1. The maximum absolute atomic E-state index is 10.7. The van der Waals surface area contributed by atoms with Crippen molar-refractivity contribution in [1.29, 1.82) is 0 Å². The van der Waals surface area contributed by atoms with Gasteiger partial charge in [0.1, 0.15) is 6.04 Å². The van der Waals surface area contributed by atoms with Gasteiger partial charge in [0.05, 0.1) is 0 Å². The van der Waals surface area contributed by atoms with E-state index in [4.69, 9.17) is 10.8 Å². The van der Waals surface area contributed by atoms with Gasteiger partial charge in [0.2, 0.25) is 0 Å². The van der Waals surface area contributed by atoms with Crippen LogP contribution in [0.5, 0.6) is 0 Å². The number of carboxylic acids is 1. The molecule has 0 saturated carbocycles. The number of aliphatic carboxylic acids is 1. The normalized spacial score (nSPS) is 11.7. The predicted octanol–water partition coefficient (Wildman–Crippen LogP) is 1.17. The summed E-state index contributed by atoms with van der Waals surface area (Å²) in [5.74, 6) is -0.971. The van der Waals surface area contributed by atoms with E-state index in [0.717, 1.165) is 24.2 Å². The lowest BCUT2D eigenvalue weighted by Gasteiger charge is -2.07. The number of hydrazone groups is 1. The van der Waals surface area contributed by atoms with Gasteiger partial charge in [-0.3, -0.25) is 4.79 Å². The van der Waals surface area contributed by atoms with E-state index >= 15 is 0 Å². The molecule has 1 aromatic carbocycles. The maximum atomic E-state index is 10.7. The smallest absolute Gasteiger partial charge is 0.320 e. The fourth-order valence-electron chi connectivity index (χ4n) is 1.60. The average Bonchev–Trinajstić information content (AvgIpc) is 2.36. The van der Waals surface area contributed by atoms with Gasteiger partial charge in [0, 0.05) is 12.3 Å². The van der Waals surface area contributed by atoms with Crippen LogP contribution in [0, 0.1) is 0 Å². The Labute approximate surface area is 113 Å². The van der Waals surface area contributed by atoms with Gasteiger partial charge >= 0.3 is 5.97 Å². The van der Waals surface area contributed by atoms with Crippen molar-refractivity contribution in [2.24, 2.45) is 10.8 Å². The molecule has 1 aromatic rings. The molecule has 0 aromatic heterocycles. The minimum atomic E-state index is -0.971. The first-order chi connectivity index (χ1) is 8.99. The quantitative estimate of drug-likeness (QED) is 0.391. The molecule has 4 N–H and O–H groups in total. The molecule has 19 heavy (non-hydrogen) atoms. The molecule has 5 heteroatoms. The van der Waals surface area contributed by atoms with E-state index in [-0.39, 0.29) is 0 Å². The molecular formula is C14H21N3O2. The Morgan fingerprint density at radius 1 is 1.32 bits per heavy atom. The molecule has 0 aliphatic carbocycles. The maximum Gasteiger partial charge on any atom is 0.320 e. The molecule has 0 bridgehead atoms. The van der Waals surface area contributed by atoms with E-state index in [9.17, 15) is 4.79 Å². The monoisotopic (exact) mass is 263 g/mol. The highest BCUT2D eigenvalue weighted by atomic mass is 16.4. The second-order valence-corrected chi connectivity index (χ2v) is 4.68. The standard InChI is InChI=1S/C14H21N3O2/c1-10(2)17-16-8-7-11-3-5-12(6-4-11)9-13(15)14(18)19/h3-6,13,16H,7-9,15H2,1-2H3,(H,18,19). The van der Waals surface area contributed by atoms with Crippen LogP contribution in [0.1, 0.15) is 25.0 Å². The first-order valence-corrected chi connectivity index (χ1v) is 6.29. The van der Waals surface area contributed by atoms with E-state index in [1.54, 1.807) is 0 Å². The lowest BCUT2D eigenvalue weighted by atomic mass is 10.0. The summed E-state index contributed by atoms with van der Waals surface area (Å²) in [7, 11) is 0. The summed E-state index contributed by atoms with van der Waals surface area (Å²) in [5, 5.41) is 12.8. The zero-order chi connectivity index (χ0) is 14.3. The van der Waals surface area contributed by atoms with E-state index in [0.29, 0.717) is 6.42 Å². The molecule has 1 unspecified atom stereocenters. The number of hydrogen-bond donors (Lipinski definition) is 3. The summed E-state index contributed by atoms with van der Waals surface area (Å²) in [4.78, 5) is 10.7. The molecule has 0 spiro atoms.